The quantitative estimate of drug-likeness (QED) is 0.185. The van der Waals surface area contributed by atoms with Gasteiger partial charge in [0.25, 0.3) is 0 Å². The molecule has 0 aliphatic rings. The molecule has 24 heavy (non-hydrogen) atoms. The van der Waals surface area contributed by atoms with Gasteiger partial charge in [-0.1, -0.05) is 122 Å². The van der Waals surface area contributed by atoms with Crippen molar-refractivity contribution in [1.29, 1.82) is 0 Å². The summed E-state index contributed by atoms with van der Waals surface area (Å²) in [4.78, 5) is 18.5. The van der Waals surface area contributed by atoms with Crippen LogP contribution in [0.4, 0.5) is 0 Å². The van der Waals surface area contributed by atoms with Gasteiger partial charge in [-0.2, -0.15) is 0 Å². The van der Waals surface area contributed by atoms with Gasteiger partial charge in [-0.05, 0) is 18.2 Å². The fraction of sp³-hybridized carbons (Fsp3) is 1.00. The van der Waals surface area contributed by atoms with Crippen LogP contribution in [-0.4, -0.2) is 15.0 Å². The zero-order chi connectivity index (χ0) is 18.1. The zero-order valence-electron chi connectivity index (χ0n) is 16.0. The van der Waals surface area contributed by atoms with Gasteiger partial charge in [-0.15, -0.1) is 0 Å². The predicted molar refractivity (Wildman–Crippen MR) is 115 cm³/mol. The van der Waals surface area contributed by atoms with Gasteiger partial charge in [0.1, 0.15) is 0 Å². The number of unbranched alkanes of at least 4 members (excludes halogenated alkanes) is 14. The number of hydrogen-bond acceptors (Lipinski definition) is 2. The first-order chi connectivity index (χ1) is 11.5. The molecule has 146 valence electrons. The van der Waals surface area contributed by atoms with E-state index in [2.05, 4.69) is 18.7 Å². The van der Waals surface area contributed by atoms with Crippen LogP contribution in [0.2, 0.25) is 0 Å². The van der Waals surface area contributed by atoms with Gasteiger partial charge in [0.15, 0.2) is 0 Å². The van der Waals surface area contributed by atoms with E-state index in [9.17, 15) is 9.79 Å². The van der Waals surface area contributed by atoms with Gasteiger partial charge in [0.05, 0.1) is 0 Å². The second-order valence-corrected chi connectivity index (χ2v) is 13.5. The Kier molecular flexibility index (Phi) is 18.0. The van der Waals surface area contributed by atoms with Crippen LogP contribution in [0.15, 0.2) is 0 Å². The molecule has 0 saturated heterocycles. The molecule has 0 bridgehead atoms. The first-order valence-corrected chi connectivity index (χ1v) is 14.4. The van der Waals surface area contributed by atoms with Crippen molar-refractivity contribution < 1.29 is 9.79 Å². The van der Waals surface area contributed by atoms with Gasteiger partial charge in [-0.3, -0.25) is 0 Å². The maximum absolute atomic E-state index is 9.26. The first-order valence-electron chi connectivity index (χ1n) is 10.2. The summed E-state index contributed by atoms with van der Waals surface area (Å²) < 4.78 is 0. The highest BCUT2D eigenvalue weighted by Crippen LogP contribution is 2.53. The van der Waals surface area contributed by atoms with Crippen LogP contribution >= 0.6 is 17.1 Å². The van der Waals surface area contributed by atoms with Gasteiger partial charge >= 0.3 is 0 Å². The van der Waals surface area contributed by atoms with Crippen LogP contribution in [0.3, 0.4) is 0 Å². The summed E-state index contributed by atoms with van der Waals surface area (Å²) in [7, 11) is 0. The normalized spacial score (nSPS) is 13.3. The van der Waals surface area contributed by atoms with Crippen molar-refractivity contribution in [3.05, 3.63) is 0 Å². The van der Waals surface area contributed by atoms with Crippen molar-refractivity contribution in [3.63, 3.8) is 0 Å². The second kappa shape index (κ2) is 17.3. The molecule has 0 aliphatic heterocycles. The molecule has 0 rings (SSSR count). The second-order valence-electron chi connectivity index (χ2n) is 7.15. The average Bonchev–Trinajstić information content (AvgIpc) is 2.49. The van der Waals surface area contributed by atoms with Crippen molar-refractivity contribution in [3.8, 4) is 0 Å². The third kappa shape index (κ3) is 21.0. The number of rotatable bonds is 18. The molecular formula is C19H41O2PS2. The lowest BCUT2D eigenvalue weighted by molar-refractivity contribution is 0.501. The minimum absolute atomic E-state index is 0.271. The minimum Gasteiger partial charge on any atom is -0.338 e. The van der Waals surface area contributed by atoms with Crippen LogP contribution in [-0.2, 0) is 11.8 Å². The van der Waals surface area contributed by atoms with E-state index in [-0.39, 0.29) is 5.25 Å². The monoisotopic (exact) mass is 396 g/mol. The molecule has 0 spiro atoms. The standard InChI is InChI=1S/C19H41O2PS2/c1-3-4-5-6-7-8-9-10-11-12-13-14-15-16-17-18-19(2)24-22(20,21)23/h19H,3-18H2,1-2H3,(H2,20,21,23). The Morgan fingerprint density at radius 3 is 1.38 bits per heavy atom. The fourth-order valence-electron chi connectivity index (χ4n) is 3.09. The molecule has 0 radical (unpaired) electrons. The third-order valence-electron chi connectivity index (χ3n) is 4.53. The van der Waals surface area contributed by atoms with Crippen LogP contribution in [0, 0.1) is 0 Å². The van der Waals surface area contributed by atoms with E-state index in [1.165, 1.54) is 108 Å². The molecule has 0 aromatic carbocycles. The van der Waals surface area contributed by atoms with Crippen LogP contribution in [0.25, 0.3) is 0 Å². The molecule has 0 heterocycles. The minimum atomic E-state index is -3.06. The van der Waals surface area contributed by atoms with E-state index in [4.69, 9.17) is 0 Å². The van der Waals surface area contributed by atoms with E-state index >= 15 is 0 Å². The highest BCUT2D eigenvalue weighted by molar-refractivity contribution is 8.67. The molecule has 0 aromatic rings. The van der Waals surface area contributed by atoms with Crippen molar-refractivity contribution in [2.75, 3.05) is 0 Å². The fourth-order valence-corrected chi connectivity index (χ4v) is 6.88. The Hall–Kier alpha value is 0.920. The number of hydrogen-bond donors (Lipinski definition) is 2. The van der Waals surface area contributed by atoms with Gasteiger partial charge in [0, 0.05) is 5.25 Å². The Balaban J connectivity index is 3.14. The van der Waals surface area contributed by atoms with Crippen molar-refractivity contribution in [2.24, 2.45) is 0 Å². The van der Waals surface area contributed by atoms with Crippen LogP contribution in [0.1, 0.15) is 117 Å². The Morgan fingerprint density at radius 2 is 1.04 bits per heavy atom. The van der Waals surface area contributed by atoms with Crippen LogP contribution < -0.4 is 0 Å². The zero-order valence-corrected chi connectivity index (χ0v) is 18.6. The Labute approximate surface area is 160 Å². The molecule has 5 heteroatoms. The predicted octanol–water partition coefficient (Wildman–Crippen LogP) is 7.58. The van der Waals surface area contributed by atoms with E-state index < -0.39 is 5.69 Å². The van der Waals surface area contributed by atoms with Crippen LogP contribution in [0.5, 0.6) is 0 Å². The lowest BCUT2D eigenvalue weighted by Gasteiger charge is -2.13. The molecule has 0 aliphatic carbocycles. The molecule has 0 saturated carbocycles. The highest BCUT2D eigenvalue weighted by Gasteiger charge is 2.13. The Bertz CT molecular complexity index is 308. The lowest BCUT2D eigenvalue weighted by Crippen LogP contribution is -1.95. The summed E-state index contributed by atoms with van der Waals surface area (Å²) in [5.41, 5.74) is -3.06. The summed E-state index contributed by atoms with van der Waals surface area (Å²) in [6.07, 6.45) is 21.8. The molecule has 2 nitrogen and oxygen atoms in total. The van der Waals surface area contributed by atoms with Gasteiger partial charge in [-0.25, -0.2) is 0 Å². The molecule has 0 amide bonds. The van der Waals surface area contributed by atoms with E-state index in [0.29, 0.717) is 0 Å². The summed E-state index contributed by atoms with van der Waals surface area (Å²) in [5, 5.41) is 0.271. The van der Waals surface area contributed by atoms with Gasteiger partial charge < -0.3 is 9.79 Å². The van der Waals surface area contributed by atoms with E-state index in [1.54, 1.807) is 0 Å². The summed E-state index contributed by atoms with van der Waals surface area (Å²) in [6, 6.07) is 0. The lowest BCUT2D eigenvalue weighted by atomic mass is 10.0. The third-order valence-corrected chi connectivity index (χ3v) is 8.08. The average molecular weight is 397 g/mol. The maximum atomic E-state index is 9.26. The maximum Gasteiger partial charge on any atom is 0.242 e. The van der Waals surface area contributed by atoms with Gasteiger partial charge in [0.2, 0.25) is 5.69 Å². The molecule has 1 unspecified atom stereocenters. The summed E-state index contributed by atoms with van der Waals surface area (Å²) >= 11 is 5.84. The first kappa shape index (κ1) is 24.9. The van der Waals surface area contributed by atoms with Crippen molar-refractivity contribution in [2.45, 2.75) is 122 Å². The molecule has 1 atom stereocenters. The van der Waals surface area contributed by atoms with E-state index in [0.717, 1.165) is 6.42 Å². The topological polar surface area (TPSA) is 40.5 Å². The van der Waals surface area contributed by atoms with Crippen molar-refractivity contribution in [1.82, 2.24) is 0 Å². The summed E-state index contributed by atoms with van der Waals surface area (Å²) in [6.45, 7) is 4.32. The molecule has 0 fully saturated rings. The van der Waals surface area contributed by atoms with E-state index in [1.807, 2.05) is 6.92 Å². The molecule has 0 aromatic heterocycles. The highest BCUT2D eigenvalue weighted by atomic mass is 32.9. The Morgan fingerprint density at radius 1 is 0.708 bits per heavy atom. The van der Waals surface area contributed by atoms with Crippen molar-refractivity contribution >= 4 is 28.9 Å². The largest absolute Gasteiger partial charge is 0.338 e. The summed E-state index contributed by atoms with van der Waals surface area (Å²) in [5.74, 6) is 0. The SMILES string of the molecule is CCCCCCCCCCCCCCCCCC(C)SP(O)(O)=S. The molecular weight excluding hydrogens is 355 g/mol. The smallest absolute Gasteiger partial charge is 0.242 e. The molecule has 2 N–H and O–H groups in total.